The average molecular weight is 460 g/mol. The third-order valence-corrected chi connectivity index (χ3v) is 5.68. The van der Waals surface area contributed by atoms with E-state index in [4.69, 9.17) is 0 Å². The molecule has 12 heteroatoms. The number of fused-ring (bicyclic) bond motifs is 1. The number of carbonyl (C=O) groups excluding carboxylic acids is 1. The van der Waals surface area contributed by atoms with Crippen LogP contribution < -0.4 is 15.5 Å². The maximum atomic E-state index is 12.7. The Balaban J connectivity index is 1.45. The van der Waals surface area contributed by atoms with Crippen molar-refractivity contribution >= 4 is 23.4 Å². The fraction of sp³-hybridized carbons (Fsp3) is 0.381. The van der Waals surface area contributed by atoms with Gasteiger partial charge in [0.15, 0.2) is 5.82 Å². The highest BCUT2D eigenvalue weighted by atomic mass is 19.4. The van der Waals surface area contributed by atoms with Crippen molar-refractivity contribution in [2.24, 2.45) is 0 Å². The number of carbonyl (C=O) groups is 1. The van der Waals surface area contributed by atoms with Crippen molar-refractivity contribution in [2.45, 2.75) is 45.6 Å². The number of pyridine rings is 1. The van der Waals surface area contributed by atoms with Gasteiger partial charge < -0.3 is 15.5 Å². The molecule has 0 spiro atoms. The number of amides is 1. The second-order valence-electron chi connectivity index (χ2n) is 7.94. The molecule has 0 aromatic carbocycles. The van der Waals surface area contributed by atoms with Crippen LogP contribution in [0.4, 0.5) is 30.6 Å². The molecule has 4 rings (SSSR count). The standard InChI is InChI=1S/C21H23F3N8O/c1-11-17-18(31(4)13(3)19(33)29-17)30-20(28-11)26-7-14-8-27-32(10-14)12(2)15-5-6-16(25-9-15)21(22,23)24/h5-6,8-10,12-13H,7H2,1-4H3,(H,29,33)(H,26,28,30)/t12-,13-/m0/s1. The van der Waals surface area contributed by atoms with Crippen LogP contribution in [0, 0.1) is 6.92 Å². The van der Waals surface area contributed by atoms with E-state index < -0.39 is 11.9 Å². The Morgan fingerprint density at radius 2 is 2.00 bits per heavy atom. The Morgan fingerprint density at radius 3 is 2.67 bits per heavy atom. The number of rotatable bonds is 5. The summed E-state index contributed by atoms with van der Waals surface area (Å²) in [7, 11) is 1.81. The Kier molecular flexibility index (Phi) is 5.68. The molecule has 0 saturated carbocycles. The first-order chi connectivity index (χ1) is 15.5. The number of hydrogen-bond donors (Lipinski definition) is 2. The molecule has 0 unspecified atom stereocenters. The summed E-state index contributed by atoms with van der Waals surface area (Å²) < 4.78 is 39.8. The summed E-state index contributed by atoms with van der Waals surface area (Å²) in [4.78, 5) is 26.3. The first kappa shape index (κ1) is 22.5. The van der Waals surface area contributed by atoms with E-state index in [1.165, 1.54) is 12.3 Å². The smallest absolute Gasteiger partial charge is 0.350 e. The van der Waals surface area contributed by atoms with Crippen LogP contribution in [0.25, 0.3) is 0 Å². The first-order valence-electron chi connectivity index (χ1n) is 10.3. The summed E-state index contributed by atoms with van der Waals surface area (Å²) in [6.07, 6.45) is 0.213. The van der Waals surface area contributed by atoms with E-state index in [0.29, 0.717) is 35.3 Å². The predicted molar refractivity (Wildman–Crippen MR) is 116 cm³/mol. The molecule has 0 fully saturated rings. The van der Waals surface area contributed by atoms with Gasteiger partial charge in [-0.2, -0.15) is 23.3 Å². The number of nitrogens with one attached hydrogen (secondary N) is 2. The molecule has 1 aliphatic heterocycles. The van der Waals surface area contributed by atoms with Gasteiger partial charge in [0.25, 0.3) is 0 Å². The minimum Gasteiger partial charge on any atom is -0.350 e. The molecular formula is C21H23F3N8O. The van der Waals surface area contributed by atoms with E-state index in [0.717, 1.165) is 11.6 Å². The Bertz CT molecular complexity index is 1180. The second-order valence-corrected chi connectivity index (χ2v) is 7.94. The molecule has 1 amide bonds. The van der Waals surface area contributed by atoms with E-state index >= 15 is 0 Å². The van der Waals surface area contributed by atoms with Crippen LogP contribution in [0.15, 0.2) is 30.7 Å². The van der Waals surface area contributed by atoms with Crippen LogP contribution in [0.3, 0.4) is 0 Å². The fourth-order valence-corrected chi connectivity index (χ4v) is 3.46. The van der Waals surface area contributed by atoms with Gasteiger partial charge in [0.05, 0.1) is 17.9 Å². The van der Waals surface area contributed by atoms with Crippen molar-refractivity contribution < 1.29 is 18.0 Å². The first-order valence-corrected chi connectivity index (χ1v) is 10.3. The van der Waals surface area contributed by atoms with Crippen molar-refractivity contribution in [3.05, 3.63) is 53.2 Å². The summed E-state index contributed by atoms with van der Waals surface area (Å²) in [5.74, 6) is 0.938. The molecule has 3 aromatic heterocycles. The number of halogens is 3. The molecule has 2 atom stereocenters. The van der Waals surface area contributed by atoms with E-state index in [1.54, 1.807) is 42.9 Å². The zero-order valence-corrected chi connectivity index (χ0v) is 18.5. The van der Waals surface area contributed by atoms with Gasteiger partial charge in [0, 0.05) is 31.5 Å². The summed E-state index contributed by atoms with van der Waals surface area (Å²) in [6, 6.07) is 1.72. The number of aryl methyl sites for hydroxylation is 1. The molecule has 0 saturated heterocycles. The number of anilines is 3. The maximum absolute atomic E-state index is 12.7. The van der Waals surface area contributed by atoms with E-state index in [2.05, 4.69) is 30.7 Å². The van der Waals surface area contributed by atoms with E-state index in [-0.39, 0.29) is 18.0 Å². The quantitative estimate of drug-likeness (QED) is 0.602. The van der Waals surface area contributed by atoms with Crippen molar-refractivity contribution in [1.29, 1.82) is 0 Å². The van der Waals surface area contributed by atoms with Crippen LogP contribution in [0.5, 0.6) is 0 Å². The van der Waals surface area contributed by atoms with Crippen LogP contribution >= 0.6 is 0 Å². The summed E-state index contributed by atoms with van der Waals surface area (Å²) in [5.41, 5.74) is 1.77. The lowest BCUT2D eigenvalue weighted by atomic mass is 10.1. The van der Waals surface area contributed by atoms with Crippen molar-refractivity contribution in [1.82, 2.24) is 24.7 Å². The van der Waals surface area contributed by atoms with Crippen LogP contribution in [-0.4, -0.2) is 43.7 Å². The van der Waals surface area contributed by atoms with Gasteiger partial charge in [-0.25, -0.2) is 4.98 Å². The minimum atomic E-state index is -4.47. The monoisotopic (exact) mass is 460 g/mol. The summed E-state index contributed by atoms with van der Waals surface area (Å²) in [5, 5.41) is 10.3. The molecule has 1 aliphatic rings. The third kappa shape index (κ3) is 4.45. The summed E-state index contributed by atoms with van der Waals surface area (Å²) >= 11 is 0. The second kappa shape index (κ2) is 8.34. The van der Waals surface area contributed by atoms with E-state index in [1.807, 2.05) is 6.92 Å². The fourth-order valence-electron chi connectivity index (χ4n) is 3.46. The molecule has 0 radical (unpaired) electrons. The number of nitrogens with zero attached hydrogens (tertiary/aromatic N) is 6. The number of aromatic nitrogens is 5. The molecular weight excluding hydrogens is 437 g/mol. The molecule has 9 nitrogen and oxygen atoms in total. The van der Waals surface area contributed by atoms with Crippen LogP contribution in [0.1, 0.15) is 42.4 Å². The Hall–Kier alpha value is -3.70. The van der Waals surface area contributed by atoms with Gasteiger partial charge in [-0.05, 0) is 32.4 Å². The molecule has 3 aromatic rings. The van der Waals surface area contributed by atoms with Gasteiger partial charge in [-0.1, -0.05) is 6.07 Å². The van der Waals surface area contributed by atoms with E-state index in [9.17, 15) is 18.0 Å². The van der Waals surface area contributed by atoms with Gasteiger partial charge in [-0.3, -0.25) is 14.5 Å². The lowest BCUT2D eigenvalue weighted by molar-refractivity contribution is -0.141. The molecule has 0 aliphatic carbocycles. The molecule has 174 valence electrons. The average Bonchev–Trinajstić information content (AvgIpc) is 3.25. The largest absolute Gasteiger partial charge is 0.433 e. The highest BCUT2D eigenvalue weighted by Crippen LogP contribution is 2.32. The molecule has 2 N–H and O–H groups in total. The van der Waals surface area contributed by atoms with Crippen molar-refractivity contribution in [3.8, 4) is 0 Å². The Labute approximate surface area is 188 Å². The minimum absolute atomic E-state index is 0.109. The molecule has 4 heterocycles. The highest BCUT2D eigenvalue weighted by Gasteiger charge is 2.32. The molecule has 33 heavy (non-hydrogen) atoms. The predicted octanol–water partition coefficient (Wildman–Crippen LogP) is 3.39. The third-order valence-electron chi connectivity index (χ3n) is 5.68. The van der Waals surface area contributed by atoms with Gasteiger partial charge in [0.2, 0.25) is 11.9 Å². The van der Waals surface area contributed by atoms with Crippen molar-refractivity contribution in [2.75, 3.05) is 22.6 Å². The SMILES string of the molecule is Cc1nc(NCc2cnn([C@@H](C)c3ccc(C(F)(F)F)nc3)c2)nc2c1NC(=O)[C@H](C)N2C. The normalized spacial score (nSPS) is 16.9. The highest BCUT2D eigenvalue weighted by molar-refractivity contribution is 6.03. The summed E-state index contributed by atoms with van der Waals surface area (Å²) in [6.45, 7) is 5.82. The zero-order valence-electron chi connectivity index (χ0n) is 18.5. The topological polar surface area (TPSA) is 101 Å². The lowest BCUT2D eigenvalue weighted by Gasteiger charge is -2.32. The lowest BCUT2D eigenvalue weighted by Crippen LogP contribution is -2.44. The van der Waals surface area contributed by atoms with Crippen LogP contribution in [0.2, 0.25) is 0 Å². The van der Waals surface area contributed by atoms with Gasteiger partial charge in [0.1, 0.15) is 17.4 Å². The van der Waals surface area contributed by atoms with Crippen LogP contribution in [-0.2, 0) is 17.5 Å². The van der Waals surface area contributed by atoms with Gasteiger partial charge >= 0.3 is 6.18 Å². The number of hydrogen-bond acceptors (Lipinski definition) is 7. The van der Waals surface area contributed by atoms with Gasteiger partial charge in [-0.15, -0.1) is 0 Å². The molecule has 0 bridgehead atoms. The zero-order chi connectivity index (χ0) is 23.9. The number of alkyl halides is 3. The van der Waals surface area contributed by atoms with Crippen molar-refractivity contribution in [3.63, 3.8) is 0 Å². The Morgan fingerprint density at radius 1 is 1.24 bits per heavy atom. The maximum Gasteiger partial charge on any atom is 0.433 e. The number of likely N-dealkylation sites (N-methyl/N-ethyl adjacent to an activating group) is 1.